The Morgan fingerprint density at radius 1 is 0.903 bits per heavy atom. The standard InChI is InChI=1S/C23H22ClNO5S/c24-18-7-3-15(4-8-18)22(28)16-5-9-19(10-6-16)31-14-17(23(29)30)2-1-13-25-20(26)11-12-21(25)27/h3-12,17,26-27H,1-2,13-14H2,(H,29,30). The van der Waals surface area contributed by atoms with Gasteiger partial charge in [0.2, 0.25) is 0 Å². The summed E-state index contributed by atoms with van der Waals surface area (Å²) in [5, 5.41) is 29.4. The van der Waals surface area contributed by atoms with Gasteiger partial charge >= 0.3 is 5.97 Å². The second kappa shape index (κ2) is 10.4. The van der Waals surface area contributed by atoms with Gasteiger partial charge < -0.3 is 15.3 Å². The van der Waals surface area contributed by atoms with Gasteiger partial charge in [-0.05, 0) is 61.4 Å². The lowest BCUT2D eigenvalue weighted by Crippen LogP contribution is -2.17. The maximum Gasteiger partial charge on any atom is 0.307 e. The van der Waals surface area contributed by atoms with Gasteiger partial charge in [0.25, 0.3) is 0 Å². The Bertz CT molecular complexity index is 1030. The van der Waals surface area contributed by atoms with Crippen LogP contribution in [0.5, 0.6) is 11.8 Å². The Kier molecular flexibility index (Phi) is 7.65. The molecule has 0 amide bonds. The number of benzene rings is 2. The van der Waals surface area contributed by atoms with Crippen LogP contribution in [0.4, 0.5) is 0 Å². The summed E-state index contributed by atoms with van der Waals surface area (Å²) in [4.78, 5) is 25.0. The van der Waals surface area contributed by atoms with Crippen molar-refractivity contribution in [2.75, 3.05) is 5.75 Å². The molecule has 1 atom stereocenters. The molecule has 31 heavy (non-hydrogen) atoms. The predicted molar refractivity (Wildman–Crippen MR) is 120 cm³/mol. The zero-order valence-corrected chi connectivity index (χ0v) is 18.1. The van der Waals surface area contributed by atoms with Gasteiger partial charge in [0.15, 0.2) is 17.5 Å². The number of halogens is 1. The third kappa shape index (κ3) is 6.06. The highest BCUT2D eigenvalue weighted by Gasteiger charge is 2.18. The van der Waals surface area contributed by atoms with Gasteiger partial charge in [0.05, 0.1) is 5.92 Å². The molecule has 162 valence electrons. The molecule has 2 aromatic carbocycles. The minimum Gasteiger partial charge on any atom is -0.494 e. The molecular formula is C23H22ClNO5S. The summed E-state index contributed by atoms with van der Waals surface area (Å²) in [5.41, 5.74) is 1.10. The Morgan fingerprint density at radius 3 is 2.00 bits per heavy atom. The molecule has 0 radical (unpaired) electrons. The number of hydrogen-bond acceptors (Lipinski definition) is 5. The van der Waals surface area contributed by atoms with E-state index in [2.05, 4.69) is 0 Å². The average Bonchev–Trinajstić information content (AvgIpc) is 3.08. The van der Waals surface area contributed by atoms with Crippen molar-refractivity contribution in [1.82, 2.24) is 4.57 Å². The third-order valence-corrected chi connectivity index (χ3v) is 6.32. The molecule has 8 heteroatoms. The van der Waals surface area contributed by atoms with Crippen molar-refractivity contribution in [2.24, 2.45) is 5.92 Å². The van der Waals surface area contributed by atoms with Crippen molar-refractivity contribution in [3.63, 3.8) is 0 Å². The molecule has 3 aromatic rings. The van der Waals surface area contributed by atoms with E-state index in [4.69, 9.17) is 11.6 Å². The van der Waals surface area contributed by atoms with Crippen LogP contribution in [-0.2, 0) is 11.3 Å². The van der Waals surface area contributed by atoms with E-state index < -0.39 is 11.9 Å². The molecule has 1 aromatic heterocycles. The Balaban J connectivity index is 1.54. The number of carboxylic acids is 1. The molecule has 0 aliphatic carbocycles. The number of rotatable bonds is 10. The number of ketones is 1. The summed E-state index contributed by atoms with van der Waals surface area (Å²) >= 11 is 7.27. The number of aromatic hydroxyl groups is 2. The zero-order valence-electron chi connectivity index (χ0n) is 16.6. The summed E-state index contributed by atoms with van der Waals surface area (Å²) < 4.78 is 1.34. The van der Waals surface area contributed by atoms with Gasteiger partial charge in [-0.1, -0.05) is 11.6 Å². The van der Waals surface area contributed by atoms with E-state index in [9.17, 15) is 24.9 Å². The largest absolute Gasteiger partial charge is 0.494 e. The van der Waals surface area contributed by atoms with E-state index in [1.54, 1.807) is 36.4 Å². The predicted octanol–water partition coefficient (Wildman–Crippen LogP) is 5.06. The van der Waals surface area contributed by atoms with Crippen LogP contribution in [-0.4, -0.2) is 37.4 Å². The molecule has 0 spiro atoms. The van der Waals surface area contributed by atoms with E-state index >= 15 is 0 Å². The second-order valence-electron chi connectivity index (χ2n) is 7.05. The van der Waals surface area contributed by atoms with E-state index in [-0.39, 0.29) is 17.5 Å². The number of carbonyl (C=O) groups is 2. The fourth-order valence-corrected chi connectivity index (χ4v) is 4.27. The number of carboxylic acid groups (broad SMARTS) is 1. The fraction of sp³-hybridized carbons (Fsp3) is 0.217. The minimum absolute atomic E-state index is 0.0491. The molecule has 0 bridgehead atoms. The third-order valence-electron chi connectivity index (χ3n) is 4.89. The summed E-state index contributed by atoms with van der Waals surface area (Å²) in [6, 6.07) is 16.6. The molecule has 3 rings (SSSR count). The van der Waals surface area contributed by atoms with Crippen LogP contribution in [0.2, 0.25) is 5.02 Å². The lowest BCUT2D eigenvalue weighted by molar-refractivity contribution is -0.141. The molecule has 0 aliphatic rings. The molecule has 3 N–H and O–H groups in total. The Labute approximate surface area is 189 Å². The molecule has 0 saturated heterocycles. The zero-order chi connectivity index (χ0) is 22.4. The van der Waals surface area contributed by atoms with Gasteiger partial charge in [0, 0.05) is 45.5 Å². The summed E-state index contributed by atoms with van der Waals surface area (Å²) in [7, 11) is 0. The van der Waals surface area contributed by atoms with Crippen molar-refractivity contribution >= 4 is 35.1 Å². The van der Waals surface area contributed by atoms with Crippen molar-refractivity contribution in [2.45, 2.75) is 24.3 Å². The molecule has 6 nitrogen and oxygen atoms in total. The SMILES string of the molecule is O=C(c1ccc(Cl)cc1)c1ccc(SCC(CCCn2c(O)ccc2O)C(=O)O)cc1. The van der Waals surface area contributed by atoms with Crippen LogP contribution in [0, 0.1) is 5.92 Å². The molecule has 0 aliphatic heterocycles. The van der Waals surface area contributed by atoms with Crippen LogP contribution < -0.4 is 0 Å². The number of nitrogens with zero attached hydrogens (tertiary/aromatic N) is 1. The summed E-state index contributed by atoms with van der Waals surface area (Å²) in [5.74, 6) is -1.28. The highest BCUT2D eigenvalue weighted by atomic mass is 35.5. The average molecular weight is 460 g/mol. The minimum atomic E-state index is -0.886. The molecule has 1 heterocycles. The topological polar surface area (TPSA) is 99.8 Å². The number of aromatic nitrogens is 1. The molecule has 0 saturated carbocycles. The van der Waals surface area contributed by atoms with Crippen molar-refractivity contribution in [3.8, 4) is 11.8 Å². The Hall–Kier alpha value is -2.90. The van der Waals surface area contributed by atoms with E-state index in [0.29, 0.717) is 41.3 Å². The van der Waals surface area contributed by atoms with Gasteiger partial charge in [-0.3, -0.25) is 14.2 Å². The number of thioether (sulfide) groups is 1. The number of carbonyl (C=O) groups excluding carboxylic acids is 1. The first-order valence-electron chi connectivity index (χ1n) is 9.68. The molecule has 1 unspecified atom stereocenters. The molecule has 0 fully saturated rings. The van der Waals surface area contributed by atoms with Crippen LogP contribution in [0.1, 0.15) is 28.8 Å². The molecular weight excluding hydrogens is 438 g/mol. The van der Waals surface area contributed by atoms with E-state index in [1.165, 1.54) is 28.5 Å². The van der Waals surface area contributed by atoms with E-state index in [1.807, 2.05) is 12.1 Å². The van der Waals surface area contributed by atoms with Gasteiger partial charge in [-0.25, -0.2) is 0 Å². The highest BCUT2D eigenvalue weighted by molar-refractivity contribution is 7.99. The van der Waals surface area contributed by atoms with Crippen molar-refractivity contribution < 1.29 is 24.9 Å². The first-order chi connectivity index (χ1) is 14.8. The highest BCUT2D eigenvalue weighted by Crippen LogP contribution is 2.26. The maximum atomic E-state index is 12.5. The number of hydrogen-bond donors (Lipinski definition) is 3. The number of aliphatic carboxylic acids is 1. The summed E-state index contributed by atoms with van der Waals surface area (Å²) in [6.45, 7) is 0.334. The maximum absolute atomic E-state index is 12.5. The van der Waals surface area contributed by atoms with Gasteiger partial charge in [-0.2, -0.15) is 0 Å². The lowest BCUT2D eigenvalue weighted by Gasteiger charge is -2.13. The first kappa shape index (κ1) is 22.8. The monoisotopic (exact) mass is 459 g/mol. The van der Waals surface area contributed by atoms with Crippen LogP contribution >= 0.6 is 23.4 Å². The second-order valence-corrected chi connectivity index (χ2v) is 8.58. The van der Waals surface area contributed by atoms with Crippen molar-refractivity contribution in [3.05, 3.63) is 76.8 Å². The summed E-state index contributed by atoms with van der Waals surface area (Å²) in [6.07, 6.45) is 0.911. The fourth-order valence-electron chi connectivity index (χ4n) is 3.12. The van der Waals surface area contributed by atoms with Crippen LogP contribution in [0.3, 0.4) is 0 Å². The first-order valence-corrected chi connectivity index (χ1v) is 11.0. The normalized spacial score (nSPS) is 11.9. The van der Waals surface area contributed by atoms with Gasteiger partial charge in [0.1, 0.15) is 0 Å². The van der Waals surface area contributed by atoms with Gasteiger partial charge in [-0.15, -0.1) is 11.8 Å². The van der Waals surface area contributed by atoms with Crippen LogP contribution in [0.25, 0.3) is 0 Å². The van der Waals surface area contributed by atoms with Crippen molar-refractivity contribution in [1.29, 1.82) is 0 Å². The van der Waals surface area contributed by atoms with Crippen LogP contribution in [0.15, 0.2) is 65.6 Å². The van der Waals surface area contributed by atoms with E-state index in [0.717, 1.165) is 4.90 Å². The smallest absolute Gasteiger partial charge is 0.307 e. The Morgan fingerprint density at radius 2 is 1.45 bits per heavy atom. The quantitative estimate of drug-likeness (QED) is 0.289. The lowest BCUT2D eigenvalue weighted by atomic mass is 10.0.